The molecule has 0 saturated heterocycles. The molecule has 0 aliphatic rings. The minimum atomic E-state index is -0.785. The van der Waals surface area contributed by atoms with E-state index in [1.54, 1.807) is 18.2 Å². The van der Waals surface area contributed by atoms with Gasteiger partial charge in [-0.25, -0.2) is 4.39 Å². The number of benzene rings is 1. The number of rotatable bonds is 5. The molecule has 1 rings (SSSR count). The van der Waals surface area contributed by atoms with Crippen LogP contribution in [0.5, 0.6) is 5.75 Å². The summed E-state index contributed by atoms with van der Waals surface area (Å²) in [6.45, 7) is 8.60. The number of halogens is 1. The van der Waals surface area contributed by atoms with Crippen molar-refractivity contribution in [3.63, 3.8) is 0 Å². The Morgan fingerprint density at radius 3 is 2.47 bits per heavy atom. The van der Waals surface area contributed by atoms with Crippen molar-refractivity contribution in [2.45, 2.75) is 46.6 Å². The van der Waals surface area contributed by atoms with E-state index in [4.69, 9.17) is 4.74 Å². The lowest BCUT2D eigenvalue weighted by atomic mass is 9.82. The van der Waals surface area contributed by atoms with Crippen molar-refractivity contribution < 1.29 is 14.2 Å². The first-order valence-electron chi connectivity index (χ1n) is 6.75. The summed E-state index contributed by atoms with van der Waals surface area (Å²) in [5, 5.41) is 10.2. The van der Waals surface area contributed by atoms with Crippen LogP contribution in [0.4, 0.5) is 4.39 Å². The van der Waals surface area contributed by atoms with Gasteiger partial charge in [-0.15, -0.1) is 0 Å². The summed E-state index contributed by atoms with van der Waals surface area (Å²) in [4.78, 5) is 0. The summed E-state index contributed by atoms with van der Waals surface area (Å²) < 4.78 is 19.0. The summed E-state index contributed by atoms with van der Waals surface area (Å²) >= 11 is 0. The van der Waals surface area contributed by atoms with Crippen LogP contribution in [0, 0.1) is 17.2 Å². The molecule has 0 amide bonds. The normalized spacial score (nSPS) is 15.1. The molecule has 0 bridgehead atoms. The van der Waals surface area contributed by atoms with E-state index in [1.165, 1.54) is 7.11 Å². The van der Waals surface area contributed by atoms with Crippen LogP contribution in [-0.2, 0) is 0 Å². The number of aliphatic hydroxyl groups excluding tert-OH is 1. The smallest absolute Gasteiger partial charge is 0.170 e. The maximum atomic E-state index is 14.0. The molecule has 19 heavy (non-hydrogen) atoms. The van der Waals surface area contributed by atoms with Gasteiger partial charge in [0.25, 0.3) is 0 Å². The van der Waals surface area contributed by atoms with Crippen molar-refractivity contribution in [2.75, 3.05) is 7.11 Å². The number of hydrogen-bond donors (Lipinski definition) is 1. The first kappa shape index (κ1) is 16.0. The summed E-state index contributed by atoms with van der Waals surface area (Å²) in [6, 6.07) is 4.88. The number of aliphatic hydroxyl groups is 1. The second kappa shape index (κ2) is 6.38. The minimum absolute atomic E-state index is 0.181. The van der Waals surface area contributed by atoms with Crippen LogP contribution < -0.4 is 4.74 Å². The molecule has 2 atom stereocenters. The zero-order valence-corrected chi connectivity index (χ0v) is 12.5. The van der Waals surface area contributed by atoms with Gasteiger partial charge in [0.2, 0.25) is 0 Å². The lowest BCUT2D eigenvalue weighted by Gasteiger charge is -2.25. The van der Waals surface area contributed by atoms with Crippen molar-refractivity contribution in [2.24, 2.45) is 11.3 Å². The van der Waals surface area contributed by atoms with E-state index in [-0.39, 0.29) is 11.2 Å². The van der Waals surface area contributed by atoms with Crippen LogP contribution in [-0.4, -0.2) is 12.2 Å². The van der Waals surface area contributed by atoms with E-state index in [9.17, 15) is 9.50 Å². The molecule has 2 nitrogen and oxygen atoms in total. The highest BCUT2D eigenvalue weighted by Gasteiger charge is 2.21. The molecule has 0 aliphatic carbocycles. The van der Waals surface area contributed by atoms with Crippen molar-refractivity contribution in [1.29, 1.82) is 0 Å². The standard InChI is InChI=1S/C16H25FO2/c1-11(10-16(2,3)4)9-13(18)12-7-6-8-14(19-5)15(12)17/h6-8,11,13,18H,9-10H2,1-5H3. The molecule has 0 heterocycles. The molecule has 0 fully saturated rings. The lowest BCUT2D eigenvalue weighted by Crippen LogP contribution is -2.14. The number of methoxy groups -OCH3 is 1. The highest BCUT2D eigenvalue weighted by molar-refractivity contribution is 5.32. The number of ether oxygens (including phenoxy) is 1. The Bertz CT molecular complexity index is 410. The second-order valence-electron chi connectivity index (χ2n) is 6.48. The molecule has 108 valence electrons. The predicted molar refractivity (Wildman–Crippen MR) is 75.8 cm³/mol. The Labute approximate surface area is 115 Å². The van der Waals surface area contributed by atoms with Crippen molar-refractivity contribution in [3.05, 3.63) is 29.6 Å². The molecule has 1 aromatic carbocycles. The molecule has 0 aromatic heterocycles. The fourth-order valence-corrected chi connectivity index (χ4v) is 2.58. The van der Waals surface area contributed by atoms with E-state index in [0.717, 1.165) is 6.42 Å². The summed E-state index contributed by atoms with van der Waals surface area (Å²) in [5.41, 5.74) is 0.534. The maximum Gasteiger partial charge on any atom is 0.170 e. The van der Waals surface area contributed by atoms with Crippen LogP contribution in [0.2, 0.25) is 0 Å². The van der Waals surface area contributed by atoms with Crippen molar-refractivity contribution >= 4 is 0 Å². The third-order valence-electron chi connectivity index (χ3n) is 3.16. The first-order chi connectivity index (χ1) is 8.74. The Kier molecular flexibility index (Phi) is 5.36. The molecular weight excluding hydrogens is 243 g/mol. The van der Waals surface area contributed by atoms with Gasteiger partial charge < -0.3 is 9.84 Å². The van der Waals surface area contributed by atoms with Crippen molar-refractivity contribution in [1.82, 2.24) is 0 Å². The van der Waals surface area contributed by atoms with Gasteiger partial charge in [-0.2, -0.15) is 0 Å². The SMILES string of the molecule is COc1cccc(C(O)CC(C)CC(C)(C)C)c1F. The Morgan fingerprint density at radius 2 is 1.95 bits per heavy atom. The summed E-state index contributed by atoms with van der Waals surface area (Å²) in [7, 11) is 1.43. The molecule has 0 spiro atoms. The molecule has 0 radical (unpaired) electrons. The van der Waals surface area contributed by atoms with Crippen molar-refractivity contribution in [3.8, 4) is 5.75 Å². The lowest BCUT2D eigenvalue weighted by molar-refractivity contribution is 0.129. The molecule has 1 N–H and O–H groups in total. The highest BCUT2D eigenvalue weighted by atomic mass is 19.1. The van der Waals surface area contributed by atoms with Crippen LogP contribution in [0.15, 0.2) is 18.2 Å². The van der Waals surface area contributed by atoms with Gasteiger partial charge in [0.05, 0.1) is 13.2 Å². The Morgan fingerprint density at radius 1 is 1.32 bits per heavy atom. The molecule has 0 saturated carbocycles. The zero-order valence-electron chi connectivity index (χ0n) is 12.5. The predicted octanol–water partition coefficient (Wildman–Crippen LogP) is 4.33. The molecule has 3 heteroatoms. The summed E-state index contributed by atoms with van der Waals surface area (Å²) in [5.74, 6) is 0.0566. The van der Waals surface area contributed by atoms with Gasteiger partial charge in [0.1, 0.15) is 0 Å². The average molecular weight is 268 g/mol. The minimum Gasteiger partial charge on any atom is -0.494 e. The third kappa shape index (κ3) is 4.83. The first-order valence-corrected chi connectivity index (χ1v) is 6.75. The van der Waals surface area contributed by atoms with Crippen LogP contribution >= 0.6 is 0 Å². The fourth-order valence-electron chi connectivity index (χ4n) is 2.58. The van der Waals surface area contributed by atoms with E-state index in [2.05, 4.69) is 27.7 Å². The van der Waals surface area contributed by atoms with E-state index in [0.29, 0.717) is 17.9 Å². The second-order valence-corrected chi connectivity index (χ2v) is 6.48. The molecule has 2 unspecified atom stereocenters. The number of hydrogen-bond acceptors (Lipinski definition) is 2. The van der Waals surface area contributed by atoms with Crippen LogP contribution in [0.3, 0.4) is 0 Å². The van der Waals surface area contributed by atoms with Gasteiger partial charge >= 0.3 is 0 Å². The molecule has 1 aromatic rings. The van der Waals surface area contributed by atoms with Gasteiger partial charge in [-0.1, -0.05) is 39.8 Å². The van der Waals surface area contributed by atoms with Crippen LogP contribution in [0.25, 0.3) is 0 Å². The molecular formula is C16H25FO2. The van der Waals surface area contributed by atoms with Crippen LogP contribution in [0.1, 0.15) is 52.2 Å². The van der Waals surface area contributed by atoms with Gasteiger partial charge in [-0.3, -0.25) is 0 Å². The quantitative estimate of drug-likeness (QED) is 0.861. The highest BCUT2D eigenvalue weighted by Crippen LogP contribution is 2.32. The average Bonchev–Trinajstić information content (AvgIpc) is 2.26. The van der Waals surface area contributed by atoms with E-state index in [1.807, 2.05) is 0 Å². The third-order valence-corrected chi connectivity index (χ3v) is 3.16. The summed E-state index contributed by atoms with van der Waals surface area (Å²) in [6.07, 6.45) is 0.768. The Balaban J connectivity index is 2.76. The fraction of sp³-hybridized carbons (Fsp3) is 0.625. The maximum absolute atomic E-state index is 14.0. The zero-order chi connectivity index (χ0) is 14.6. The monoisotopic (exact) mass is 268 g/mol. The van der Waals surface area contributed by atoms with Gasteiger partial charge in [-0.05, 0) is 30.2 Å². The van der Waals surface area contributed by atoms with Gasteiger partial charge in [0, 0.05) is 5.56 Å². The van der Waals surface area contributed by atoms with Gasteiger partial charge in [0.15, 0.2) is 11.6 Å². The van der Waals surface area contributed by atoms with E-state index < -0.39 is 11.9 Å². The molecule has 0 aliphatic heterocycles. The van der Waals surface area contributed by atoms with E-state index >= 15 is 0 Å². The Hall–Kier alpha value is -1.09. The topological polar surface area (TPSA) is 29.5 Å². The largest absolute Gasteiger partial charge is 0.494 e.